The quantitative estimate of drug-likeness (QED) is 0.762. The van der Waals surface area contributed by atoms with Gasteiger partial charge in [0.2, 0.25) is 5.91 Å². The molecule has 6 nitrogen and oxygen atoms in total. The monoisotopic (exact) mass is 369 g/mol. The number of benzene rings is 1. The lowest BCUT2D eigenvalue weighted by Gasteiger charge is -2.21. The van der Waals surface area contributed by atoms with Crippen molar-refractivity contribution in [2.24, 2.45) is 5.92 Å². The van der Waals surface area contributed by atoms with Crippen LogP contribution in [0, 0.1) is 12.8 Å². The minimum atomic E-state index is -0.488. The van der Waals surface area contributed by atoms with E-state index in [9.17, 15) is 14.4 Å². The maximum Gasteiger partial charge on any atom is 0.338 e. The van der Waals surface area contributed by atoms with Crippen LogP contribution in [0.3, 0.4) is 0 Å². The summed E-state index contributed by atoms with van der Waals surface area (Å²) in [4.78, 5) is 37.2. The average Bonchev–Trinajstić information content (AvgIpc) is 2.89. The van der Waals surface area contributed by atoms with Crippen molar-refractivity contribution < 1.29 is 23.9 Å². The Morgan fingerprint density at radius 2 is 1.95 bits per heavy atom. The van der Waals surface area contributed by atoms with E-state index in [1.807, 2.05) is 0 Å². The summed E-state index contributed by atoms with van der Waals surface area (Å²) in [5.74, 6) is -1.54. The topological polar surface area (TPSA) is 72.9 Å². The molecule has 2 rings (SSSR count). The van der Waals surface area contributed by atoms with Crippen molar-refractivity contribution in [1.82, 2.24) is 0 Å². The predicted octanol–water partition coefficient (Wildman–Crippen LogP) is 2.07. The molecule has 7 heteroatoms. The zero-order valence-electron chi connectivity index (χ0n) is 12.5. The van der Waals surface area contributed by atoms with Gasteiger partial charge in [0.1, 0.15) is 0 Å². The Balaban J connectivity index is 2.41. The number of hydrogen-bond donors (Lipinski definition) is 0. The lowest BCUT2D eigenvalue weighted by Crippen LogP contribution is -2.27. The van der Waals surface area contributed by atoms with E-state index in [-0.39, 0.29) is 18.9 Å². The van der Waals surface area contributed by atoms with Crippen molar-refractivity contribution >= 4 is 39.5 Å². The molecule has 1 amide bonds. The highest BCUT2D eigenvalue weighted by atomic mass is 79.9. The first-order valence-electron chi connectivity index (χ1n) is 6.65. The van der Waals surface area contributed by atoms with Crippen LogP contribution in [0.15, 0.2) is 16.6 Å². The molecule has 1 aliphatic rings. The van der Waals surface area contributed by atoms with Crippen LogP contribution in [0.4, 0.5) is 5.69 Å². The molecule has 1 atom stereocenters. The van der Waals surface area contributed by atoms with Crippen molar-refractivity contribution in [3.63, 3.8) is 0 Å². The maximum atomic E-state index is 12.2. The van der Waals surface area contributed by atoms with Gasteiger partial charge >= 0.3 is 11.9 Å². The largest absolute Gasteiger partial charge is 0.469 e. The van der Waals surface area contributed by atoms with E-state index in [0.717, 1.165) is 0 Å². The molecular formula is C15H16BrNO5. The van der Waals surface area contributed by atoms with Crippen LogP contribution >= 0.6 is 15.9 Å². The Labute approximate surface area is 136 Å². The smallest absolute Gasteiger partial charge is 0.338 e. The molecule has 1 aliphatic heterocycles. The second-order valence-electron chi connectivity index (χ2n) is 5.02. The first kappa shape index (κ1) is 16.5. The number of carbonyl (C=O) groups excluding carboxylic acids is 3. The second kappa shape index (κ2) is 6.48. The van der Waals surface area contributed by atoms with Gasteiger partial charge in [0.15, 0.2) is 0 Å². The molecule has 0 spiro atoms. The van der Waals surface area contributed by atoms with Crippen LogP contribution in [0.1, 0.15) is 22.3 Å². The molecule has 0 saturated carbocycles. The SMILES string of the molecule is COC(=O)c1cc(Br)cc(N2CC(C(=O)OC)CC2=O)c1C. The molecule has 1 fully saturated rings. The lowest BCUT2D eigenvalue weighted by molar-refractivity contribution is -0.145. The van der Waals surface area contributed by atoms with E-state index in [1.165, 1.54) is 19.1 Å². The highest BCUT2D eigenvalue weighted by Gasteiger charge is 2.37. The molecule has 0 bridgehead atoms. The molecule has 1 aromatic rings. The molecule has 1 aromatic carbocycles. The number of ether oxygens (including phenoxy) is 2. The van der Waals surface area contributed by atoms with Crippen molar-refractivity contribution in [1.29, 1.82) is 0 Å². The third-order valence-electron chi connectivity index (χ3n) is 3.70. The van der Waals surface area contributed by atoms with Crippen molar-refractivity contribution in [2.75, 3.05) is 25.7 Å². The summed E-state index contributed by atoms with van der Waals surface area (Å²) in [7, 11) is 2.60. The van der Waals surface area contributed by atoms with Crippen LogP contribution in [0.2, 0.25) is 0 Å². The fourth-order valence-electron chi connectivity index (χ4n) is 2.53. The average molecular weight is 370 g/mol. The fourth-order valence-corrected chi connectivity index (χ4v) is 2.98. The first-order chi connectivity index (χ1) is 10.4. The van der Waals surface area contributed by atoms with Crippen LogP contribution < -0.4 is 4.90 Å². The number of esters is 2. The van der Waals surface area contributed by atoms with E-state index < -0.39 is 17.9 Å². The Morgan fingerprint density at radius 1 is 1.27 bits per heavy atom. The number of amides is 1. The molecule has 0 N–H and O–H groups in total. The minimum Gasteiger partial charge on any atom is -0.469 e. The molecular weight excluding hydrogens is 354 g/mol. The number of carbonyl (C=O) groups is 3. The third-order valence-corrected chi connectivity index (χ3v) is 4.16. The highest BCUT2D eigenvalue weighted by molar-refractivity contribution is 9.10. The number of nitrogens with zero attached hydrogens (tertiary/aromatic N) is 1. The second-order valence-corrected chi connectivity index (χ2v) is 5.93. The predicted molar refractivity (Wildman–Crippen MR) is 82.7 cm³/mol. The van der Waals surface area contributed by atoms with Gasteiger partial charge < -0.3 is 14.4 Å². The summed E-state index contributed by atoms with van der Waals surface area (Å²) >= 11 is 3.33. The number of anilines is 1. The van der Waals surface area contributed by atoms with Crippen LogP contribution in [-0.2, 0) is 19.1 Å². The Morgan fingerprint density at radius 3 is 2.55 bits per heavy atom. The summed E-state index contributed by atoms with van der Waals surface area (Å²) < 4.78 is 10.1. The standard InChI is InChI=1S/C15H16BrNO5/c1-8-11(15(20)22-3)5-10(16)6-12(8)17-7-9(4-13(17)18)14(19)21-2/h5-6,9H,4,7H2,1-3H3. The zero-order valence-corrected chi connectivity index (χ0v) is 14.1. The fraction of sp³-hybridized carbons (Fsp3) is 0.400. The minimum absolute atomic E-state index is 0.103. The molecule has 0 aliphatic carbocycles. The Kier molecular flexibility index (Phi) is 4.85. The van der Waals surface area contributed by atoms with Gasteiger partial charge in [-0.3, -0.25) is 9.59 Å². The summed E-state index contributed by atoms with van der Waals surface area (Å²) in [6.45, 7) is 1.98. The Hall–Kier alpha value is -1.89. The molecule has 0 radical (unpaired) electrons. The van der Waals surface area contributed by atoms with Gasteiger partial charge in [0.25, 0.3) is 0 Å². The van der Waals surface area contributed by atoms with Gasteiger partial charge in [-0.05, 0) is 24.6 Å². The van der Waals surface area contributed by atoms with Crippen molar-refractivity contribution in [3.05, 3.63) is 27.7 Å². The van der Waals surface area contributed by atoms with E-state index in [4.69, 9.17) is 9.47 Å². The number of rotatable bonds is 3. The van der Waals surface area contributed by atoms with Gasteiger partial charge in [0, 0.05) is 23.1 Å². The molecule has 118 valence electrons. The van der Waals surface area contributed by atoms with Crippen LogP contribution in [0.5, 0.6) is 0 Å². The summed E-state index contributed by atoms with van der Waals surface area (Å²) in [5.41, 5.74) is 1.60. The molecule has 1 saturated heterocycles. The number of methoxy groups -OCH3 is 2. The van der Waals surface area contributed by atoms with Gasteiger partial charge in [-0.15, -0.1) is 0 Å². The Bertz CT molecular complexity index is 643. The molecule has 1 heterocycles. The van der Waals surface area contributed by atoms with Crippen LogP contribution in [0.25, 0.3) is 0 Å². The van der Waals surface area contributed by atoms with E-state index in [0.29, 0.717) is 21.3 Å². The van der Waals surface area contributed by atoms with E-state index in [2.05, 4.69) is 15.9 Å². The van der Waals surface area contributed by atoms with Gasteiger partial charge in [-0.2, -0.15) is 0 Å². The van der Waals surface area contributed by atoms with Gasteiger partial charge in [-0.1, -0.05) is 15.9 Å². The maximum absolute atomic E-state index is 12.2. The van der Waals surface area contributed by atoms with Gasteiger partial charge in [0.05, 0.1) is 25.7 Å². The first-order valence-corrected chi connectivity index (χ1v) is 7.45. The number of hydrogen-bond acceptors (Lipinski definition) is 5. The summed E-state index contributed by atoms with van der Waals surface area (Å²) in [6.07, 6.45) is 0.103. The number of halogens is 1. The van der Waals surface area contributed by atoms with E-state index in [1.54, 1.807) is 19.1 Å². The zero-order chi connectivity index (χ0) is 16.4. The van der Waals surface area contributed by atoms with E-state index >= 15 is 0 Å². The summed E-state index contributed by atoms with van der Waals surface area (Å²) in [6, 6.07) is 3.39. The summed E-state index contributed by atoms with van der Waals surface area (Å²) in [5, 5.41) is 0. The lowest BCUT2D eigenvalue weighted by atomic mass is 10.1. The van der Waals surface area contributed by atoms with Crippen molar-refractivity contribution in [3.8, 4) is 0 Å². The molecule has 1 unspecified atom stereocenters. The normalized spacial score (nSPS) is 17.5. The van der Waals surface area contributed by atoms with Crippen LogP contribution in [-0.4, -0.2) is 38.6 Å². The van der Waals surface area contributed by atoms with Crippen molar-refractivity contribution in [2.45, 2.75) is 13.3 Å². The molecule has 22 heavy (non-hydrogen) atoms. The molecule has 0 aromatic heterocycles. The highest BCUT2D eigenvalue weighted by Crippen LogP contribution is 2.33. The third kappa shape index (κ3) is 2.99. The van der Waals surface area contributed by atoms with Gasteiger partial charge in [-0.25, -0.2) is 4.79 Å².